The van der Waals surface area contributed by atoms with Gasteiger partial charge in [-0.25, -0.2) is 13.1 Å². The minimum atomic E-state index is -3.74. The molecular weight excluding hydrogens is 364 g/mol. The highest BCUT2D eigenvalue weighted by Gasteiger charge is 2.16. The molecule has 27 heavy (non-hydrogen) atoms. The lowest BCUT2D eigenvalue weighted by atomic mass is 10.2. The van der Waals surface area contributed by atoms with E-state index in [1.54, 1.807) is 55.1 Å². The molecule has 1 amide bonds. The molecule has 0 saturated heterocycles. The van der Waals surface area contributed by atoms with Crippen molar-refractivity contribution in [1.82, 2.24) is 20.0 Å². The van der Waals surface area contributed by atoms with Crippen molar-refractivity contribution in [2.75, 3.05) is 0 Å². The number of carbonyl (C=O) groups is 1. The SMILES string of the molecule is O=C(NCc1cccnc1)c1cccc(S(=O)(=O)NCc2ccncc2)c1. The average molecular weight is 382 g/mol. The van der Waals surface area contributed by atoms with Crippen molar-refractivity contribution in [2.45, 2.75) is 18.0 Å². The van der Waals surface area contributed by atoms with Gasteiger partial charge in [-0.3, -0.25) is 14.8 Å². The molecule has 0 unspecified atom stereocenters. The molecule has 3 rings (SSSR count). The van der Waals surface area contributed by atoms with Crippen molar-refractivity contribution in [1.29, 1.82) is 0 Å². The zero-order valence-corrected chi connectivity index (χ0v) is 15.2. The lowest BCUT2D eigenvalue weighted by Crippen LogP contribution is -2.25. The third-order valence-corrected chi connectivity index (χ3v) is 5.20. The Bertz CT molecular complexity index is 1010. The van der Waals surface area contributed by atoms with Crippen LogP contribution in [0.15, 0.2) is 78.2 Å². The smallest absolute Gasteiger partial charge is 0.251 e. The number of carbonyl (C=O) groups excluding carboxylic acids is 1. The maximum absolute atomic E-state index is 12.5. The van der Waals surface area contributed by atoms with Crippen LogP contribution in [0, 0.1) is 0 Å². The maximum Gasteiger partial charge on any atom is 0.251 e. The molecule has 0 bridgehead atoms. The molecule has 2 N–H and O–H groups in total. The predicted octanol–water partition coefficient (Wildman–Crippen LogP) is 1.89. The molecule has 7 nitrogen and oxygen atoms in total. The Morgan fingerprint density at radius 3 is 2.44 bits per heavy atom. The molecule has 0 fully saturated rings. The molecule has 0 atom stereocenters. The molecule has 138 valence electrons. The number of aromatic nitrogens is 2. The normalized spacial score (nSPS) is 11.1. The lowest BCUT2D eigenvalue weighted by molar-refractivity contribution is 0.0950. The number of nitrogens with one attached hydrogen (secondary N) is 2. The predicted molar refractivity (Wildman–Crippen MR) is 100 cm³/mol. The Labute approximate surface area is 157 Å². The van der Waals surface area contributed by atoms with Crippen molar-refractivity contribution < 1.29 is 13.2 Å². The second-order valence-electron chi connectivity index (χ2n) is 5.75. The van der Waals surface area contributed by atoms with Crippen molar-refractivity contribution in [3.8, 4) is 0 Å². The van der Waals surface area contributed by atoms with E-state index in [0.29, 0.717) is 6.54 Å². The van der Waals surface area contributed by atoms with E-state index < -0.39 is 10.0 Å². The average Bonchev–Trinajstić information content (AvgIpc) is 2.72. The number of hydrogen-bond donors (Lipinski definition) is 2. The van der Waals surface area contributed by atoms with Gasteiger partial charge in [0.1, 0.15) is 0 Å². The van der Waals surface area contributed by atoms with Gasteiger partial charge >= 0.3 is 0 Å². The summed E-state index contributed by atoms with van der Waals surface area (Å²) in [5, 5.41) is 2.75. The molecule has 8 heteroatoms. The van der Waals surface area contributed by atoms with Crippen LogP contribution in [0.2, 0.25) is 0 Å². The number of sulfonamides is 1. The summed E-state index contributed by atoms with van der Waals surface area (Å²) in [6.07, 6.45) is 6.50. The Kier molecular flexibility index (Phi) is 5.90. The van der Waals surface area contributed by atoms with Gasteiger partial charge in [-0.15, -0.1) is 0 Å². The molecule has 0 aliphatic heterocycles. The number of pyridine rings is 2. The first-order chi connectivity index (χ1) is 13.0. The third kappa shape index (κ3) is 5.19. The molecule has 0 spiro atoms. The van der Waals surface area contributed by atoms with E-state index in [1.165, 1.54) is 12.1 Å². The van der Waals surface area contributed by atoms with Gasteiger partial charge < -0.3 is 5.32 Å². The summed E-state index contributed by atoms with van der Waals surface area (Å²) in [5.74, 6) is -0.356. The van der Waals surface area contributed by atoms with E-state index in [2.05, 4.69) is 20.0 Å². The van der Waals surface area contributed by atoms with Gasteiger partial charge in [0, 0.05) is 43.4 Å². The Balaban J connectivity index is 1.67. The zero-order valence-electron chi connectivity index (χ0n) is 14.4. The summed E-state index contributed by atoms with van der Waals surface area (Å²) < 4.78 is 27.5. The lowest BCUT2D eigenvalue weighted by Gasteiger charge is -2.09. The van der Waals surface area contributed by atoms with Crippen LogP contribution in [0.3, 0.4) is 0 Å². The number of hydrogen-bond acceptors (Lipinski definition) is 5. The molecule has 1 aromatic carbocycles. The third-order valence-electron chi connectivity index (χ3n) is 3.80. The van der Waals surface area contributed by atoms with Gasteiger partial charge in [0.25, 0.3) is 5.91 Å². The van der Waals surface area contributed by atoms with E-state index >= 15 is 0 Å². The molecule has 0 aliphatic rings. The van der Waals surface area contributed by atoms with Gasteiger partial charge in [0.15, 0.2) is 0 Å². The fourth-order valence-electron chi connectivity index (χ4n) is 2.35. The second-order valence-corrected chi connectivity index (χ2v) is 7.52. The van der Waals surface area contributed by atoms with Crippen LogP contribution in [0.1, 0.15) is 21.5 Å². The molecule has 0 aliphatic carbocycles. The molecule has 2 aromatic heterocycles. The van der Waals surface area contributed by atoms with Crippen LogP contribution in [-0.4, -0.2) is 24.3 Å². The fourth-order valence-corrected chi connectivity index (χ4v) is 3.42. The highest BCUT2D eigenvalue weighted by Crippen LogP contribution is 2.12. The Hall–Kier alpha value is -3.10. The van der Waals surface area contributed by atoms with Gasteiger partial charge in [-0.2, -0.15) is 0 Å². The van der Waals surface area contributed by atoms with Crippen LogP contribution in [0.5, 0.6) is 0 Å². The fraction of sp³-hybridized carbons (Fsp3) is 0.105. The summed E-state index contributed by atoms with van der Waals surface area (Å²) in [4.78, 5) is 20.2. The number of amides is 1. The van der Waals surface area contributed by atoms with Crippen LogP contribution < -0.4 is 10.0 Å². The van der Waals surface area contributed by atoms with E-state index in [0.717, 1.165) is 11.1 Å². The van der Waals surface area contributed by atoms with Gasteiger partial charge in [-0.1, -0.05) is 12.1 Å². The van der Waals surface area contributed by atoms with E-state index in [9.17, 15) is 13.2 Å². The summed E-state index contributed by atoms with van der Waals surface area (Å²) in [6, 6.07) is 13.0. The van der Waals surface area contributed by atoms with E-state index in [-0.39, 0.29) is 22.9 Å². The van der Waals surface area contributed by atoms with Crippen molar-refractivity contribution >= 4 is 15.9 Å². The van der Waals surface area contributed by atoms with Crippen LogP contribution in [0.25, 0.3) is 0 Å². The molecule has 3 aromatic rings. The Morgan fingerprint density at radius 1 is 0.889 bits per heavy atom. The molecule has 2 heterocycles. The summed E-state index contributed by atoms with van der Waals surface area (Å²) in [5.41, 5.74) is 1.92. The molecule has 0 radical (unpaired) electrons. The number of rotatable bonds is 7. The van der Waals surface area contributed by atoms with Gasteiger partial charge in [0.05, 0.1) is 4.90 Å². The highest BCUT2D eigenvalue weighted by molar-refractivity contribution is 7.89. The van der Waals surface area contributed by atoms with Crippen LogP contribution in [-0.2, 0) is 23.1 Å². The van der Waals surface area contributed by atoms with E-state index in [1.807, 2.05) is 6.07 Å². The largest absolute Gasteiger partial charge is 0.348 e. The Morgan fingerprint density at radius 2 is 1.70 bits per heavy atom. The quantitative estimate of drug-likeness (QED) is 0.650. The number of benzene rings is 1. The van der Waals surface area contributed by atoms with Crippen LogP contribution in [0.4, 0.5) is 0 Å². The van der Waals surface area contributed by atoms with Crippen LogP contribution >= 0.6 is 0 Å². The first-order valence-corrected chi connectivity index (χ1v) is 9.69. The summed E-state index contributed by atoms with van der Waals surface area (Å²) in [7, 11) is -3.74. The minimum Gasteiger partial charge on any atom is -0.348 e. The van der Waals surface area contributed by atoms with Gasteiger partial charge in [-0.05, 0) is 47.5 Å². The summed E-state index contributed by atoms with van der Waals surface area (Å²) in [6.45, 7) is 0.451. The zero-order chi connectivity index (χ0) is 19.1. The monoisotopic (exact) mass is 382 g/mol. The first-order valence-electron chi connectivity index (χ1n) is 8.20. The highest BCUT2D eigenvalue weighted by atomic mass is 32.2. The maximum atomic E-state index is 12.5. The number of nitrogens with zero attached hydrogens (tertiary/aromatic N) is 2. The van der Waals surface area contributed by atoms with E-state index in [4.69, 9.17) is 0 Å². The second kappa shape index (κ2) is 8.52. The van der Waals surface area contributed by atoms with Gasteiger partial charge in [0.2, 0.25) is 10.0 Å². The molecule has 0 saturated carbocycles. The molecular formula is C19H18N4O3S. The van der Waals surface area contributed by atoms with Crippen molar-refractivity contribution in [3.63, 3.8) is 0 Å². The van der Waals surface area contributed by atoms with Crippen molar-refractivity contribution in [2.24, 2.45) is 0 Å². The first kappa shape index (κ1) is 18.7. The standard InChI is InChI=1S/C19H18N4O3S/c24-19(22-13-16-3-2-8-21-12-16)17-4-1-5-18(11-17)27(25,26)23-14-15-6-9-20-10-7-15/h1-12,23H,13-14H2,(H,22,24). The topological polar surface area (TPSA) is 101 Å². The minimum absolute atomic E-state index is 0.0329. The van der Waals surface area contributed by atoms with Crippen molar-refractivity contribution in [3.05, 3.63) is 90.0 Å². The summed E-state index contributed by atoms with van der Waals surface area (Å²) >= 11 is 0.